The summed E-state index contributed by atoms with van der Waals surface area (Å²) in [5.74, 6) is 2.15. The summed E-state index contributed by atoms with van der Waals surface area (Å²) in [6.07, 6.45) is 5.42. The second-order valence-electron chi connectivity index (χ2n) is 2.15. The molecule has 11 heavy (non-hydrogen) atoms. The summed E-state index contributed by atoms with van der Waals surface area (Å²) in [5, 5.41) is 1.67. The van der Waals surface area contributed by atoms with E-state index in [2.05, 4.69) is 5.92 Å². The van der Waals surface area contributed by atoms with Crippen LogP contribution in [0.2, 0.25) is 0 Å². The van der Waals surface area contributed by atoms with Gasteiger partial charge in [-0.05, 0) is 11.4 Å². The van der Waals surface area contributed by atoms with Crippen molar-refractivity contribution in [2.75, 3.05) is 0 Å². The highest BCUT2D eigenvalue weighted by Crippen LogP contribution is 2.22. The van der Waals surface area contributed by atoms with Gasteiger partial charge in [0.15, 0.2) is 0 Å². The molecule has 0 aliphatic rings. The van der Waals surface area contributed by atoms with E-state index in [-0.39, 0.29) is 11.9 Å². The molecule has 1 heterocycles. The Morgan fingerprint density at radius 1 is 1.82 bits per heavy atom. The molecule has 1 nitrogen and oxygen atoms in total. The number of rotatable bonds is 2. The minimum atomic E-state index is -0.347. The number of terminal acetylenes is 1. The van der Waals surface area contributed by atoms with Gasteiger partial charge >= 0.3 is 0 Å². The average molecular weight is 169 g/mol. The number of nitrogens with two attached hydrogens (primary N) is 1. The molecule has 0 bridgehead atoms. The SMILES string of the molecule is C#CCC(N)c1sccc1F. The van der Waals surface area contributed by atoms with Gasteiger partial charge in [-0.25, -0.2) is 4.39 Å². The van der Waals surface area contributed by atoms with Crippen molar-refractivity contribution in [3.05, 3.63) is 22.1 Å². The van der Waals surface area contributed by atoms with Crippen molar-refractivity contribution in [2.45, 2.75) is 12.5 Å². The molecule has 1 atom stereocenters. The van der Waals surface area contributed by atoms with Crippen LogP contribution in [0.3, 0.4) is 0 Å². The number of thiophene rings is 1. The van der Waals surface area contributed by atoms with Crippen LogP contribution in [0.15, 0.2) is 11.4 Å². The minimum absolute atomic E-state index is 0.252. The number of hydrogen-bond donors (Lipinski definition) is 1. The van der Waals surface area contributed by atoms with Crippen molar-refractivity contribution < 1.29 is 4.39 Å². The monoisotopic (exact) mass is 169 g/mol. The van der Waals surface area contributed by atoms with Crippen LogP contribution in [0.25, 0.3) is 0 Å². The van der Waals surface area contributed by atoms with E-state index < -0.39 is 0 Å². The Labute approximate surface area is 69.0 Å². The van der Waals surface area contributed by atoms with Crippen LogP contribution >= 0.6 is 11.3 Å². The van der Waals surface area contributed by atoms with Gasteiger partial charge in [0.05, 0.1) is 10.9 Å². The zero-order chi connectivity index (χ0) is 8.27. The standard InChI is InChI=1S/C8H8FNS/c1-2-3-7(10)8-6(9)4-5-11-8/h1,4-5,7H,3,10H2. The summed E-state index contributed by atoms with van der Waals surface area (Å²) >= 11 is 1.30. The van der Waals surface area contributed by atoms with Crippen LogP contribution in [0, 0.1) is 18.2 Å². The molecule has 1 unspecified atom stereocenters. The fraction of sp³-hybridized carbons (Fsp3) is 0.250. The molecule has 0 aliphatic carbocycles. The molecule has 1 rings (SSSR count). The maximum atomic E-state index is 12.8. The molecule has 0 fully saturated rings. The molecule has 3 heteroatoms. The Kier molecular flexibility index (Phi) is 2.64. The van der Waals surface area contributed by atoms with Crippen molar-refractivity contribution in [3.63, 3.8) is 0 Å². The van der Waals surface area contributed by atoms with Crippen molar-refractivity contribution in [1.29, 1.82) is 0 Å². The van der Waals surface area contributed by atoms with Gasteiger partial charge in [-0.3, -0.25) is 0 Å². The lowest BCUT2D eigenvalue weighted by Gasteiger charge is -2.03. The Balaban J connectivity index is 2.77. The second kappa shape index (κ2) is 3.51. The Bertz CT molecular complexity index is 274. The molecule has 0 aromatic carbocycles. The summed E-state index contributed by atoms with van der Waals surface area (Å²) in [6, 6.07) is 1.05. The molecule has 0 amide bonds. The van der Waals surface area contributed by atoms with Gasteiger partial charge in [0, 0.05) is 6.42 Å². The van der Waals surface area contributed by atoms with Crippen LogP contribution in [-0.2, 0) is 0 Å². The smallest absolute Gasteiger partial charge is 0.138 e. The summed E-state index contributed by atoms with van der Waals surface area (Å²) in [4.78, 5) is 0.544. The van der Waals surface area contributed by atoms with Crippen molar-refractivity contribution >= 4 is 11.3 Å². The predicted octanol–water partition coefficient (Wildman–Crippen LogP) is 1.91. The largest absolute Gasteiger partial charge is 0.322 e. The molecule has 58 valence electrons. The lowest BCUT2D eigenvalue weighted by molar-refractivity contribution is 0.597. The van der Waals surface area contributed by atoms with Crippen LogP contribution in [0.4, 0.5) is 4.39 Å². The topological polar surface area (TPSA) is 26.0 Å². The van der Waals surface area contributed by atoms with Crippen molar-refractivity contribution in [2.24, 2.45) is 5.73 Å². The van der Waals surface area contributed by atoms with Gasteiger partial charge in [0.1, 0.15) is 5.82 Å². The van der Waals surface area contributed by atoms with E-state index in [9.17, 15) is 4.39 Å². The van der Waals surface area contributed by atoms with Crippen LogP contribution < -0.4 is 5.73 Å². The van der Waals surface area contributed by atoms with Crippen LogP contribution in [-0.4, -0.2) is 0 Å². The molecule has 1 aromatic heterocycles. The molecule has 0 spiro atoms. The van der Waals surface area contributed by atoms with Gasteiger partial charge in [0.2, 0.25) is 0 Å². The minimum Gasteiger partial charge on any atom is -0.322 e. The van der Waals surface area contributed by atoms with Gasteiger partial charge in [-0.2, -0.15) is 0 Å². The highest BCUT2D eigenvalue weighted by Gasteiger charge is 2.10. The van der Waals surface area contributed by atoms with E-state index >= 15 is 0 Å². The first-order valence-electron chi connectivity index (χ1n) is 3.17. The quantitative estimate of drug-likeness (QED) is 0.672. The first-order valence-corrected chi connectivity index (χ1v) is 4.05. The van der Waals surface area contributed by atoms with Crippen molar-refractivity contribution in [1.82, 2.24) is 0 Å². The lowest BCUT2D eigenvalue weighted by Crippen LogP contribution is -2.08. The first kappa shape index (κ1) is 8.25. The zero-order valence-corrected chi connectivity index (χ0v) is 6.70. The Morgan fingerprint density at radius 2 is 2.55 bits per heavy atom. The van der Waals surface area contributed by atoms with Gasteiger partial charge in [-0.1, -0.05) is 0 Å². The summed E-state index contributed by atoms with van der Waals surface area (Å²) in [6.45, 7) is 0. The Morgan fingerprint density at radius 3 is 3.00 bits per heavy atom. The van der Waals surface area contributed by atoms with Gasteiger partial charge in [0.25, 0.3) is 0 Å². The van der Waals surface area contributed by atoms with Crippen LogP contribution in [0.5, 0.6) is 0 Å². The molecule has 0 radical (unpaired) electrons. The molecule has 0 saturated carbocycles. The zero-order valence-electron chi connectivity index (χ0n) is 5.88. The second-order valence-corrected chi connectivity index (χ2v) is 3.10. The maximum absolute atomic E-state index is 12.8. The molecular formula is C8H8FNS. The van der Waals surface area contributed by atoms with Gasteiger partial charge in [-0.15, -0.1) is 23.7 Å². The van der Waals surface area contributed by atoms with E-state index in [0.29, 0.717) is 11.3 Å². The van der Waals surface area contributed by atoms with Crippen LogP contribution in [0.1, 0.15) is 17.3 Å². The van der Waals surface area contributed by atoms with Gasteiger partial charge < -0.3 is 5.73 Å². The molecule has 2 N–H and O–H groups in total. The summed E-state index contributed by atoms with van der Waals surface area (Å²) in [7, 11) is 0. The van der Waals surface area contributed by atoms with E-state index in [1.807, 2.05) is 0 Å². The number of hydrogen-bond acceptors (Lipinski definition) is 2. The molecular weight excluding hydrogens is 161 g/mol. The molecule has 0 aliphatic heterocycles. The fourth-order valence-corrected chi connectivity index (χ4v) is 1.56. The lowest BCUT2D eigenvalue weighted by atomic mass is 10.2. The highest BCUT2D eigenvalue weighted by molar-refractivity contribution is 7.10. The fourth-order valence-electron chi connectivity index (χ4n) is 0.790. The third-order valence-corrected chi connectivity index (χ3v) is 2.34. The maximum Gasteiger partial charge on any atom is 0.138 e. The first-order chi connectivity index (χ1) is 5.25. The average Bonchev–Trinajstić information content (AvgIpc) is 2.36. The third-order valence-electron chi connectivity index (χ3n) is 1.32. The van der Waals surface area contributed by atoms with Crippen molar-refractivity contribution in [3.8, 4) is 12.3 Å². The predicted molar refractivity (Wildman–Crippen MR) is 44.7 cm³/mol. The normalized spacial score (nSPS) is 12.5. The Hall–Kier alpha value is -0.850. The van der Waals surface area contributed by atoms with E-state index in [4.69, 9.17) is 12.2 Å². The third kappa shape index (κ3) is 1.79. The highest BCUT2D eigenvalue weighted by atomic mass is 32.1. The number of halogens is 1. The van der Waals surface area contributed by atoms with E-state index in [1.165, 1.54) is 17.4 Å². The molecule has 0 saturated heterocycles. The molecule has 1 aromatic rings. The summed E-state index contributed by atoms with van der Waals surface area (Å²) in [5.41, 5.74) is 5.58. The summed E-state index contributed by atoms with van der Waals surface area (Å²) < 4.78 is 12.8. The van der Waals surface area contributed by atoms with E-state index in [1.54, 1.807) is 5.38 Å². The van der Waals surface area contributed by atoms with E-state index in [0.717, 1.165) is 0 Å².